The van der Waals surface area contributed by atoms with Crippen molar-refractivity contribution < 1.29 is 19.2 Å². The van der Waals surface area contributed by atoms with Gasteiger partial charge >= 0.3 is 0 Å². The Balaban J connectivity index is 1.62. The van der Waals surface area contributed by atoms with Crippen molar-refractivity contribution in [2.75, 3.05) is 12.4 Å². The molecule has 2 aromatic carbocycles. The van der Waals surface area contributed by atoms with E-state index in [-0.39, 0.29) is 5.69 Å². The number of anilines is 1. The van der Waals surface area contributed by atoms with Gasteiger partial charge in [-0.2, -0.15) is 0 Å². The summed E-state index contributed by atoms with van der Waals surface area (Å²) in [7, 11) is 1.56. The van der Waals surface area contributed by atoms with Crippen molar-refractivity contribution in [3.8, 4) is 17.4 Å². The van der Waals surface area contributed by atoms with Gasteiger partial charge in [0.2, 0.25) is 11.8 Å². The average Bonchev–Trinajstić information content (AvgIpc) is 2.75. The summed E-state index contributed by atoms with van der Waals surface area (Å²) in [6.45, 7) is 1.95. The van der Waals surface area contributed by atoms with Crippen molar-refractivity contribution in [1.82, 2.24) is 4.98 Å². The molecule has 0 aliphatic rings. The van der Waals surface area contributed by atoms with Gasteiger partial charge in [0.1, 0.15) is 0 Å². The van der Waals surface area contributed by atoms with Crippen molar-refractivity contribution in [2.24, 2.45) is 0 Å². The first-order chi connectivity index (χ1) is 14.4. The van der Waals surface area contributed by atoms with Crippen LogP contribution in [0.15, 0.2) is 66.9 Å². The standard InChI is InChI=1S/C22H19N3O5/c1-15-6-9-19(20(12-15)29-2)30-22-11-8-17(14-23-22)24-21(26)10-7-16-4-3-5-18(13-16)25(27)28/h3-14H,1-2H3,(H,24,26)/b10-7+. The number of nitrogens with one attached hydrogen (secondary N) is 1. The van der Waals surface area contributed by atoms with Crippen LogP contribution in [-0.2, 0) is 4.79 Å². The Kier molecular flexibility index (Phi) is 6.39. The zero-order chi connectivity index (χ0) is 21.5. The second-order valence-electron chi connectivity index (χ2n) is 6.32. The number of nitro groups is 1. The van der Waals surface area contributed by atoms with E-state index in [1.54, 1.807) is 37.4 Å². The predicted octanol–water partition coefficient (Wildman–Crippen LogP) is 4.75. The quantitative estimate of drug-likeness (QED) is 0.346. The highest BCUT2D eigenvalue weighted by Gasteiger charge is 2.08. The summed E-state index contributed by atoms with van der Waals surface area (Å²) in [5, 5.41) is 13.5. The summed E-state index contributed by atoms with van der Waals surface area (Å²) in [5.41, 5.74) is 2.03. The number of benzene rings is 2. The molecule has 1 heterocycles. The molecule has 0 aliphatic carbocycles. The van der Waals surface area contributed by atoms with E-state index in [4.69, 9.17) is 9.47 Å². The summed E-state index contributed by atoms with van der Waals surface area (Å²) >= 11 is 0. The number of aromatic nitrogens is 1. The lowest BCUT2D eigenvalue weighted by molar-refractivity contribution is -0.384. The number of non-ortho nitro benzene ring substituents is 1. The van der Waals surface area contributed by atoms with E-state index in [9.17, 15) is 14.9 Å². The molecule has 1 N–H and O–H groups in total. The summed E-state index contributed by atoms with van der Waals surface area (Å²) in [5.74, 6) is 1.09. The van der Waals surface area contributed by atoms with Crippen LogP contribution in [0.5, 0.6) is 17.4 Å². The Labute approximate surface area is 172 Å². The third-order valence-corrected chi connectivity index (χ3v) is 4.05. The zero-order valence-corrected chi connectivity index (χ0v) is 16.4. The molecule has 1 amide bonds. The number of ether oxygens (including phenoxy) is 2. The predicted molar refractivity (Wildman–Crippen MR) is 113 cm³/mol. The van der Waals surface area contributed by atoms with Crippen molar-refractivity contribution in [2.45, 2.75) is 6.92 Å². The van der Waals surface area contributed by atoms with Crippen LogP contribution in [-0.4, -0.2) is 22.9 Å². The van der Waals surface area contributed by atoms with Crippen LogP contribution in [0.1, 0.15) is 11.1 Å². The van der Waals surface area contributed by atoms with Crippen molar-refractivity contribution in [3.05, 3.63) is 88.1 Å². The second kappa shape index (κ2) is 9.33. The Hall–Kier alpha value is -4.20. The van der Waals surface area contributed by atoms with Gasteiger partial charge in [-0.25, -0.2) is 4.98 Å². The van der Waals surface area contributed by atoms with Crippen LogP contribution in [0, 0.1) is 17.0 Å². The molecule has 1 aromatic heterocycles. The molecule has 0 unspecified atom stereocenters. The van der Waals surface area contributed by atoms with E-state index in [1.165, 1.54) is 30.5 Å². The number of aryl methyl sites for hydroxylation is 1. The molecule has 8 nitrogen and oxygen atoms in total. The molecule has 0 spiro atoms. The lowest BCUT2D eigenvalue weighted by Crippen LogP contribution is -2.08. The fourth-order valence-electron chi connectivity index (χ4n) is 2.58. The van der Waals surface area contributed by atoms with Crippen LogP contribution in [0.4, 0.5) is 11.4 Å². The number of rotatable bonds is 7. The molecular formula is C22H19N3O5. The van der Waals surface area contributed by atoms with Gasteiger partial charge in [0.25, 0.3) is 5.69 Å². The lowest BCUT2D eigenvalue weighted by atomic mass is 10.2. The van der Waals surface area contributed by atoms with Crippen molar-refractivity contribution in [3.63, 3.8) is 0 Å². The van der Waals surface area contributed by atoms with Crippen molar-refractivity contribution in [1.29, 1.82) is 0 Å². The normalized spacial score (nSPS) is 10.6. The summed E-state index contributed by atoms with van der Waals surface area (Å²) in [6, 6.07) is 14.8. The molecule has 3 aromatic rings. The molecule has 0 radical (unpaired) electrons. The van der Waals surface area contributed by atoms with E-state index in [0.29, 0.717) is 28.6 Å². The largest absolute Gasteiger partial charge is 0.493 e. The van der Waals surface area contributed by atoms with E-state index in [1.807, 2.05) is 19.1 Å². The SMILES string of the molecule is COc1cc(C)ccc1Oc1ccc(NC(=O)/C=C/c2cccc([N+](=O)[O-])c2)cn1. The topological polar surface area (TPSA) is 104 Å². The van der Waals surface area contributed by atoms with Gasteiger partial charge < -0.3 is 14.8 Å². The Morgan fingerprint density at radius 1 is 1.13 bits per heavy atom. The molecule has 0 saturated carbocycles. The maximum Gasteiger partial charge on any atom is 0.270 e. The van der Waals surface area contributed by atoms with E-state index in [0.717, 1.165) is 5.56 Å². The molecular weight excluding hydrogens is 386 g/mol. The van der Waals surface area contributed by atoms with Crippen LogP contribution in [0.25, 0.3) is 6.08 Å². The highest BCUT2D eigenvalue weighted by atomic mass is 16.6. The second-order valence-corrected chi connectivity index (χ2v) is 6.32. The maximum absolute atomic E-state index is 12.1. The molecule has 0 fully saturated rings. The van der Waals surface area contributed by atoms with Gasteiger partial charge in [-0.15, -0.1) is 0 Å². The van der Waals surface area contributed by atoms with Gasteiger partial charge in [-0.05, 0) is 42.3 Å². The Bertz CT molecular complexity index is 1090. The van der Waals surface area contributed by atoms with Gasteiger partial charge in [0.05, 0.1) is 23.9 Å². The van der Waals surface area contributed by atoms with Crippen LogP contribution < -0.4 is 14.8 Å². The average molecular weight is 405 g/mol. The van der Waals surface area contributed by atoms with Crippen LogP contribution >= 0.6 is 0 Å². The molecule has 0 bridgehead atoms. The van der Waals surface area contributed by atoms with E-state index in [2.05, 4.69) is 10.3 Å². The number of nitro benzene ring substituents is 1. The summed E-state index contributed by atoms with van der Waals surface area (Å²) < 4.78 is 11.0. The molecule has 30 heavy (non-hydrogen) atoms. The number of hydrogen-bond acceptors (Lipinski definition) is 6. The van der Waals surface area contributed by atoms with Crippen LogP contribution in [0.3, 0.4) is 0 Å². The molecule has 152 valence electrons. The number of carbonyl (C=O) groups excluding carboxylic acids is 1. The first kappa shape index (κ1) is 20.5. The molecule has 0 saturated heterocycles. The number of pyridine rings is 1. The molecule has 0 atom stereocenters. The number of methoxy groups -OCH3 is 1. The Morgan fingerprint density at radius 2 is 1.97 bits per heavy atom. The molecule has 8 heteroatoms. The third-order valence-electron chi connectivity index (χ3n) is 4.05. The van der Waals surface area contributed by atoms with Crippen molar-refractivity contribution >= 4 is 23.4 Å². The fourth-order valence-corrected chi connectivity index (χ4v) is 2.58. The van der Waals surface area contributed by atoms with E-state index >= 15 is 0 Å². The number of nitrogens with zero attached hydrogens (tertiary/aromatic N) is 2. The molecule has 3 rings (SSSR count). The molecule has 0 aliphatic heterocycles. The summed E-state index contributed by atoms with van der Waals surface area (Å²) in [6.07, 6.45) is 4.26. The fraction of sp³-hybridized carbons (Fsp3) is 0.0909. The summed E-state index contributed by atoms with van der Waals surface area (Å²) in [4.78, 5) is 26.6. The smallest absolute Gasteiger partial charge is 0.270 e. The van der Waals surface area contributed by atoms with Crippen LogP contribution in [0.2, 0.25) is 0 Å². The lowest BCUT2D eigenvalue weighted by Gasteiger charge is -2.10. The zero-order valence-electron chi connectivity index (χ0n) is 16.4. The first-order valence-corrected chi connectivity index (χ1v) is 8.96. The highest BCUT2D eigenvalue weighted by Crippen LogP contribution is 2.31. The van der Waals surface area contributed by atoms with Gasteiger partial charge in [0.15, 0.2) is 11.5 Å². The number of amides is 1. The minimum absolute atomic E-state index is 0.0393. The minimum atomic E-state index is -0.487. The first-order valence-electron chi connectivity index (χ1n) is 8.96. The minimum Gasteiger partial charge on any atom is -0.493 e. The van der Waals surface area contributed by atoms with E-state index < -0.39 is 10.8 Å². The third kappa shape index (κ3) is 5.41. The Morgan fingerprint density at radius 3 is 2.67 bits per heavy atom. The maximum atomic E-state index is 12.1. The highest BCUT2D eigenvalue weighted by molar-refractivity contribution is 6.01. The van der Waals surface area contributed by atoms with Gasteiger partial charge in [0, 0.05) is 24.3 Å². The van der Waals surface area contributed by atoms with Gasteiger partial charge in [-0.3, -0.25) is 14.9 Å². The monoisotopic (exact) mass is 405 g/mol. The number of hydrogen-bond donors (Lipinski definition) is 1. The number of carbonyl (C=O) groups is 1. The van der Waals surface area contributed by atoms with Gasteiger partial charge in [-0.1, -0.05) is 18.2 Å².